The summed E-state index contributed by atoms with van der Waals surface area (Å²) in [5.41, 5.74) is 0.223. The van der Waals surface area contributed by atoms with Gasteiger partial charge in [-0.05, 0) is 95.5 Å². The largest absolute Gasteiger partial charge is 0.349 e. The third-order valence-electron chi connectivity index (χ3n) is 7.42. The van der Waals surface area contributed by atoms with Gasteiger partial charge >= 0.3 is 0 Å². The minimum absolute atomic E-state index is 0.0188. The standard InChI is InChI=1S/C24H34N4O4/c1-26(2)8-3-9-27(23(30)20-4-6-21(7-5-20)28(31)32)16-22(29)25-24-13-17-10-18(14-24)12-19(11-17)15-24/h4-7,17-19H,3,8-16H2,1-2H3,(H,25,29). The lowest BCUT2D eigenvalue weighted by Gasteiger charge is -2.57. The summed E-state index contributed by atoms with van der Waals surface area (Å²) in [5, 5.41) is 14.3. The van der Waals surface area contributed by atoms with Gasteiger partial charge in [0.05, 0.1) is 11.5 Å². The van der Waals surface area contributed by atoms with Crippen LogP contribution in [0.15, 0.2) is 24.3 Å². The van der Waals surface area contributed by atoms with E-state index >= 15 is 0 Å². The van der Waals surface area contributed by atoms with Gasteiger partial charge in [0, 0.05) is 29.8 Å². The van der Waals surface area contributed by atoms with Gasteiger partial charge in [0.2, 0.25) is 5.91 Å². The Morgan fingerprint density at radius 3 is 2.09 bits per heavy atom. The van der Waals surface area contributed by atoms with Crippen LogP contribution in [0.4, 0.5) is 5.69 Å². The first-order valence-electron chi connectivity index (χ1n) is 11.7. The zero-order valence-corrected chi connectivity index (χ0v) is 19.1. The van der Waals surface area contributed by atoms with Crippen molar-refractivity contribution < 1.29 is 14.5 Å². The molecule has 4 bridgehead atoms. The highest BCUT2D eigenvalue weighted by molar-refractivity contribution is 5.96. The van der Waals surface area contributed by atoms with Gasteiger partial charge in [-0.15, -0.1) is 0 Å². The Hall–Kier alpha value is -2.48. The summed E-state index contributed by atoms with van der Waals surface area (Å²) in [4.78, 5) is 40.3. The number of benzene rings is 1. The van der Waals surface area contributed by atoms with Crippen LogP contribution in [0, 0.1) is 27.9 Å². The second kappa shape index (κ2) is 9.17. The highest BCUT2D eigenvalue weighted by atomic mass is 16.6. The van der Waals surface area contributed by atoms with Crippen LogP contribution in [0.2, 0.25) is 0 Å². The van der Waals surface area contributed by atoms with Crippen molar-refractivity contribution in [2.75, 3.05) is 33.7 Å². The molecule has 8 nitrogen and oxygen atoms in total. The van der Waals surface area contributed by atoms with Gasteiger partial charge in [-0.3, -0.25) is 19.7 Å². The Morgan fingerprint density at radius 2 is 1.59 bits per heavy atom. The van der Waals surface area contributed by atoms with Crippen molar-refractivity contribution in [3.8, 4) is 0 Å². The average Bonchev–Trinajstić information content (AvgIpc) is 2.71. The summed E-state index contributed by atoms with van der Waals surface area (Å²) in [6.45, 7) is 1.29. The second-order valence-electron chi connectivity index (χ2n) is 10.4. The SMILES string of the molecule is CN(C)CCCN(CC(=O)NC12CC3CC(CC(C3)C1)C2)C(=O)c1ccc([N+](=O)[O-])cc1. The number of non-ortho nitro benzene ring substituents is 1. The van der Waals surface area contributed by atoms with Crippen LogP contribution in [0.1, 0.15) is 55.3 Å². The number of nitro groups is 1. The lowest BCUT2D eigenvalue weighted by Crippen LogP contribution is -2.61. The third kappa shape index (κ3) is 5.11. The molecule has 0 radical (unpaired) electrons. The molecular weight excluding hydrogens is 408 g/mol. The Morgan fingerprint density at radius 1 is 1.03 bits per heavy atom. The van der Waals surface area contributed by atoms with E-state index in [2.05, 4.69) is 5.32 Å². The lowest BCUT2D eigenvalue weighted by molar-refractivity contribution is -0.384. The van der Waals surface area contributed by atoms with Crippen LogP contribution in [0.3, 0.4) is 0 Å². The molecule has 4 saturated carbocycles. The molecule has 0 unspecified atom stereocenters. The topological polar surface area (TPSA) is 95.8 Å². The van der Waals surface area contributed by atoms with Crippen LogP contribution in [0.5, 0.6) is 0 Å². The molecule has 8 heteroatoms. The molecule has 174 valence electrons. The number of amides is 2. The van der Waals surface area contributed by atoms with Crippen LogP contribution >= 0.6 is 0 Å². The molecule has 0 aliphatic heterocycles. The molecule has 0 aromatic heterocycles. The maximum Gasteiger partial charge on any atom is 0.269 e. The number of nitro benzene ring substituents is 1. The third-order valence-corrected chi connectivity index (χ3v) is 7.42. The van der Waals surface area contributed by atoms with Gasteiger partial charge < -0.3 is 15.1 Å². The van der Waals surface area contributed by atoms with Crippen LogP contribution < -0.4 is 5.32 Å². The number of hydrogen-bond donors (Lipinski definition) is 1. The summed E-state index contributed by atoms with van der Waals surface area (Å²) in [7, 11) is 3.95. The molecule has 0 heterocycles. The zero-order chi connectivity index (χ0) is 22.9. The van der Waals surface area contributed by atoms with Gasteiger partial charge in [0.1, 0.15) is 0 Å². The van der Waals surface area contributed by atoms with E-state index in [0.717, 1.165) is 50.0 Å². The van der Waals surface area contributed by atoms with Gasteiger partial charge in [-0.2, -0.15) is 0 Å². The van der Waals surface area contributed by atoms with Crippen molar-refractivity contribution in [3.63, 3.8) is 0 Å². The first-order valence-corrected chi connectivity index (χ1v) is 11.7. The molecule has 4 aliphatic carbocycles. The smallest absolute Gasteiger partial charge is 0.269 e. The van der Waals surface area contributed by atoms with Crippen molar-refractivity contribution in [1.29, 1.82) is 0 Å². The minimum atomic E-state index is -0.484. The summed E-state index contributed by atoms with van der Waals surface area (Å²) in [6.07, 6.45) is 7.89. The molecule has 0 saturated heterocycles. The number of nitrogens with one attached hydrogen (secondary N) is 1. The number of nitrogens with zero attached hydrogens (tertiary/aromatic N) is 3. The Balaban J connectivity index is 1.43. The quantitative estimate of drug-likeness (QED) is 0.468. The predicted molar refractivity (Wildman–Crippen MR) is 121 cm³/mol. The van der Waals surface area contributed by atoms with Gasteiger partial charge in [0.25, 0.3) is 11.6 Å². The van der Waals surface area contributed by atoms with Crippen LogP contribution in [-0.2, 0) is 4.79 Å². The van der Waals surface area contributed by atoms with Crippen LogP contribution in [0.25, 0.3) is 0 Å². The number of rotatable bonds is 9. The van der Waals surface area contributed by atoms with Crippen molar-refractivity contribution in [2.45, 2.75) is 50.5 Å². The first-order chi connectivity index (χ1) is 15.2. The summed E-state index contributed by atoms with van der Waals surface area (Å²) in [5.74, 6) is 1.85. The number of carbonyl (C=O) groups is 2. The van der Waals surface area contributed by atoms with E-state index in [-0.39, 0.29) is 29.6 Å². The molecule has 5 rings (SSSR count). The molecule has 0 spiro atoms. The molecule has 1 aromatic carbocycles. The summed E-state index contributed by atoms with van der Waals surface area (Å²) >= 11 is 0. The monoisotopic (exact) mass is 442 g/mol. The normalized spacial score (nSPS) is 28.0. The molecule has 4 fully saturated rings. The average molecular weight is 443 g/mol. The molecule has 4 aliphatic rings. The molecule has 1 N–H and O–H groups in total. The second-order valence-corrected chi connectivity index (χ2v) is 10.4. The Bertz CT molecular complexity index is 832. The first kappa shape index (κ1) is 22.7. The van der Waals surface area contributed by atoms with E-state index in [0.29, 0.717) is 12.1 Å². The van der Waals surface area contributed by atoms with E-state index in [1.807, 2.05) is 19.0 Å². The molecule has 2 amide bonds. The molecular formula is C24H34N4O4. The Labute approximate surface area is 189 Å². The fraction of sp³-hybridized carbons (Fsp3) is 0.667. The zero-order valence-electron chi connectivity index (χ0n) is 19.1. The van der Waals surface area contributed by atoms with E-state index in [9.17, 15) is 19.7 Å². The summed E-state index contributed by atoms with van der Waals surface area (Å²) < 4.78 is 0. The molecule has 1 aromatic rings. The van der Waals surface area contributed by atoms with Crippen molar-refractivity contribution in [2.24, 2.45) is 17.8 Å². The van der Waals surface area contributed by atoms with E-state index in [4.69, 9.17) is 0 Å². The van der Waals surface area contributed by atoms with E-state index in [1.54, 1.807) is 4.90 Å². The predicted octanol–water partition coefficient (Wildman–Crippen LogP) is 3.07. The number of carbonyl (C=O) groups excluding carboxylic acids is 2. The number of hydrogen-bond acceptors (Lipinski definition) is 5. The fourth-order valence-electron chi connectivity index (χ4n) is 6.51. The molecule has 0 atom stereocenters. The highest BCUT2D eigenvalue weighted by Crippen LogP contribution is 2.55. The van der Waals surface area contributed by atoms with Crippen LogP contribution in [-0.4, -0.2) is 65.8 Å². The van der Waals surface area contributed by atoms with Gasteiger partial charge in [-0.25, -0.2) is 0 Å². The Kier molecular flexibility index (Phi) is 6.51. The summed E-state index contributed by atoms with van der Waals surface area (Å²) in [6, 6.07) is 5.61. The maximum absolute atomic E-state index is 13.2. The fourth-order valence-corrected chi connectivity index (χ4v) is 6.51. The maximum atomic E-state index is 13.2. The van der Waals surface area contributed by atoms with E-state index < -0.39 is 4.92 Å². The van der Waals surface area contributed by atoms with Crippen molar-refractivity contribution in [1.82, 2.24) is 15.1 Å². The van der Waals surface area contributed by atoms with E-state index in [1.165, 1.54) is 43.5 Å². The highest BCUT2D eigenvalue weighted by Gasteiger charge is 2.51. The van der Waals surface area contributed by atoms with Gasteiger partial charge in [0.15, 0.2) is 0 Å². The molecule has 32 heavy (non-hydrogen) atoms. The van der Waals surface area contributed by atoms with Crippen molar-refractivity contribution in [3.05, 3.63) is 39.9 Å². The minimum Gasteiger partial charge on any atom is -0.349 e. The lowest BCUT2D eigenvalue weighted by atomic mass is 9.53. The van der Waals surface area contributed by atoms with Crippen molar-refractivity contribution >= 4 is 17.5 Å². The van der Waals surface area contributed by atoms with Gasteiger partial charge in [-0.1, -0.05) is 0 Å².